The molecule has 0 aromatic rings. The van der Waals surface area contributed by atoms with Crippen LogP contribution >= 0.6 is 0 Å². The second-order valence-electron chi connectivity index (χ2n) is 2.65. The van der Waals surface area contributed by atoms with E-state index in [-0.39, 0.29) is 18.9 Å². The average Bonchev–Trinajstić information content (AvgIpc) is 1.80. The Morgan fingerprint density at radius 3 is 2.60 bits per heavy atom. The lowest BCUT2D eigenvalue weighted by Crippen LogP contribution is -2.39. The molecule has 1 N–H and O–H groups in total. The predicted octanol–water partition coefficient (Wildman–Crippen LogP) is 0.476. The first-order chi connectivity index (χ1) is 4.83. The second-order valence-corrected chi connectivity index (χ2v) is 2.65. The molecule has 0 saturated heterocycles. The highest BCUT2D eigenvalue weighted by atomic mass is 16.3. The maximum atomic E-state index is 10.7. The van der Waals surface area contributed by atoms with Crippen molar-refractivity contribution in [3.8, 4) is 0 Å². The van der Waals surface area contributed by atoms with Gasteiger partial charge in [-0.05, 0) is 19.3 Å². The van der Waals surface area contributed by atoms with Crippen LogP contribution in [0.5, 0.6) is 0 Å². The molecule has 0 bridgehead atoms. The van der Waals surface area contributed by atoms with Crippen molar-refractivity contribution in [1.82, 2.24) is 5.32 Å². The van der Waals surface area contributed by atoms with E-state index in [1.165, 1.54) is 6.42 Å². The van der Waals surface area contributed by atoms with Crippen molar-refractivity contribution in [1.29, 1.82) is 0 Å². The zero-order valence-electron chi connectivity index (χ0n) is 5.93. The zero-order valence-corrected chi connectivity index (χ0v) is 5.93. The third-order valence-electron chi connectivity index (χ3n) is 1.80. The molecule has 1 saturated carbocycles. The molecule has 1 rings (SSSR count). The first-order valence-electron chi connectivity index (χ1n) is 3.70. The van der Waals surface area contributed by atoms with Crippen molar-refractivity contribution in [3.63, 3.8) is 0 Å². The number of hydrogen-bond donors (Lipinski definition) is 1. The molecule has 0 atom stereocenters. The lowest BCUT2D eigenvalue weighted by Gasteiger charge is -2.26. The Balaban J connectivity index is 2.05. The highest BCUT2D eigenvalue weighted by molar-refractivity contribution is 5.76. The van der Waals surface area contributed by atoms with Crippen LogP contribution in [0.4, 0.5) is 0 Å². The van der Waals surface area contributed by atoms with Crippen molar-refractivity contribution in [2.75, 3.05) is 6.61 Å². The van der Waals surface area contributed by atoms with E-state index in [9.17, 15) is 9.90 Å². The number of amides is 1. The predicted molar refractivity (Wildman–Crippen MR) is 36.0 cm³/mol. The van der Waals surface area contributed by atoms with Gasteiger partial charge >= 0.3 is 0 Å². The van der Waals surface area contributed by atoms with Crippen LogP contribution in [-0.4, -0.2) is 18.6 Å². The summed E-state index contributed by atoms with van der Waals surface area (Å²) in [5, 5.41) is 12.7. The Labute approximate surface area is 60.4 Å². The van der Waals surface area contributed by atoms with Gasteiger partial charge in [-0.25, -0.2) is 5.11 Å². The van der Waals surface area contributed by atoms with E-state index in [0.717, 1.165) is 12.8 Å². The van der Waals surface area contributed by atoms with E-state index in [1.54, 1.807) is 0 Å². The van der Waals surface area contributed by atoms with Gasteiger partial charge < -0.3 is 5.32 Å². The summed E-state index contributed by atoms with van der Waals surface area (Å²) in [7, 11) is 0. The second kappa shape index (κ2) is 3.56. The van der Waals surface area contributed by atoms with Crippen molar-refractivity contribution in [3.05, 3.63) is 0 Å². The first-order valence-corrected chi connectivity index (χ1v) is 3.70. The summed E-state index contributed by atoms with van der Waals surface area (Å²) >= 11 is 0. The molecule has 0 aromatic heterocycles. The van der Waals surface area contributed by atoms with Gasteiger partial charge in [-0.3, -0.25) is 4.79 Å². The highest BCUT2D eigenvalue weighted by Crippen LogP contribution is 2.17. The molecule has 1 aliphatic carbocycles. The van der Waals surface area contributed by atoms with Crippen LogP contribution in [0.2, 0.25) is 0 Å². The van der Waals surface area contributed by atoms with Crippen LogP contribution < -0.4 is 5.32 Å². The number of nitrogens with one attached hydrogen (secondary N) is 1. The molecule has 0 aromatic carbocycles. The quantitative estimate of drug-likeness (QED) is 0.612. The van der Waals surface area contributed by atoms with Gasteiger partial charge in [0.1, 0.15) is 0 Å². The SMILES string of the molecule is [O]CCC(=O)NC1CCC1. The minimum Gasteiger partial charge on any atom is -0.353 e. The molecule has 3 nitrogen and oxygen atoms in total. The molecule has 10 heavy (non-hydrogen) atoms. The third-order valence-corrected chi connectivity index (χ3v) is 1.80. The fourth-order valence-corrected chi connectivity index (χ4v) is 0.945. The van der Waals surface area contributed by atoms with E-state index in [0.29, 0.717) is 6.04 Å². The Kier molecular flexibility index (Phi) is 2.68. The van der Waals surface area contributed by atoms with E-state index in [4.69, 9.17) is 0 Å². The summed E-state index contributed by atoms with van der Waals surface area (Å²) in [6.45, 7) is -0.293. The van der Waals surface area contributed by atoms with Crippen molar-refractivity contribution in [2.45, 2.75) is 31.7 Å². The van der Waals surface area contributed by atoms with Gasteiger partial charge in [0.25, 0.3) is 0 Å². The minimum atomic E-state index is -0.293. The fraction of sp³-hybridized carbons (Fsp3) is 0.857. The molecule has 0 heterocycles. The smallest absolute Gasteiger partial charge is 0.222 e. The van der Waals surface area contributed by atoms with Crippen LogP contribution in [-0.2, 0) is 9.90 Å². The van der Waals surface area contributed by atoms with Gasteiger partial charge in [-0.15, -0.1) is 0 Å². The maximum absolute atomic E-state index is 10.7. The van der Waals surface area contributed by atoms with Gasteiger partial charge in [0, 0.05) is 6.04 Å². The largest absolute Gasteiger partial charge is 0.353 e. The number of carbonyl (C=O) groups is 1. The van der Waals surface area contributed by atoms with Gasteiger partial charge in [0.2, 0.25) is 5.91 Å². The van der Waals surface area contributed by atoms with E-state index in [1.807, 2.05) is 0 Å². The molecule has 0 aliphatic heterocycles. The first kappa shape index (κ1) is 7.54. The van der Waals surface area contributed by atoms with Gasteiger partial charge in [-0.1, -0.05) is 0 Å². The van der Waals surface area contributed by atoms with E-state index >= 15 is 0 Å². The summed E-state index contributed by atoms with van der Waals surface area (Å²) in [5.74, 6) is -0.0836. The number of hydrogen-bond acceptors (Lipinski definition) is 1. The lowest BCUT2D eigenvalue weighted by molar-refractivity contribution is -0.123. The van der Waals surface area contributed by atoms with Crippen molar-refractivity contribution < 1.29 is 9.90 Å². The van der Waals surface area contributed by atoms with E-state index < -0.39 is 0 Å². The monoisotopic (exact) mass is 142 g/mol. The molecule has 1 aliphatic rings. The molecular formula is C7H12NO2. The van der Waals surface area contributed by atoms with Crippen LogP contribution in [0.25, 0.3) is 0 Å². The van der Waals surface area contributed by atoms with Gasteiger partial charge in [0.05, 0.1) is 13.0 Å². The molecule has 0 unspecified atom stereocenters. The Bertz CT molecular complexity index is 121. The Morgan fingerprint density at radius 2 is 2.20 bits per heavy atom. The van der Waals surface area contributed by atoms with E-state index in [2.05, 4.69) is 5.32 Å². The average molecular weight is 142 g/mol. The van der Waals surface area contributed by atoms with Crippen LogP contribution in [0.15, 0.2) is 0 Å². The van der Waals surface area contributed by atoms with Crippen molar-refractivity contribution >= 4 is 5.91 Å². The third kappa shape index (κ3) is 1.99. The summed E-state index contributed by atoms with van der Waals surface area (Å²) in [4.78, 5) is 10.7. The molecule has 3 heteroatoms. The van der Waals surface area contributed by atoms with Gasteiger partial charge in [-0.2, -0.15) is 0 Å². The van der Waals surface area contributed by atoms with Crippen molar-refractivity contribution in [2.24, 2.45) is 0 Å². The van der Waals surface area contributed by atoms with Crippen LogP contribution in [0, 0.1) is 0 Å². The number of carbonyl (C=O) groups excluding carboxylic acids is 1. The topological polar surface area (TPSA) is 49.0 Å². The molecule has 57 valence electrons. The summed E-state index contributed by atoms with van der Waals surface area (Å²) in [6.07, 6.45) is 3.52. The Morgan fingerprint density at radius 1 is 1.50 bits per heavy atom. The molecular weight excluding hydrogens is 130 g/mol. The normalized spacial score (nSPS) is 18.1. The molecule has 0 spiro atoms. The molecule has 1 fully saturated rings. The minimum absolute atomic E-state index is 0.0836. The number of rotatable bonds is 3. The Hall–Kier alpha value is -0.570. The maximum Gasteiger partial charge on any atom is 0.222 e. The summed E-state index contributed by atoms with van der Waals surface area (Å²) < 4.78 is 0. The van der Waals surface area contributed by atoms with Gasteiger partial charge in [0.15, 0.2) is 0 Å². The lowest BCUT2D eigenvalue weighted by atomic mass is 9.93. The summed E-state index contributed by atoms with van der Waals surface area (Å²) in [6, 6.07) is 0.374. The molecule has 1 amide bonds. The fourth-order valence-electron chi connectivity index (χ4n) is 0.945. The standard InChI is InChI=1S/C7H12NO2/c9-5-4-7(10)8-6-2-1-3-6/h6H,1-5H2,(H,8,10). The summed E-state index contributed by atoms with van der Waals surface area (Å²) in [5.41, 5.74) is 0. The van der Waals surface area contributed by atoms with Crippen LogP contribution in [0.3, 0.4) is 0 Å². The zero-order chi connectivity index (χ0) is 7.40. The van der Waals surface area contributed by atoms with Crippen LogP contribution in [0.1, 0.15) is 25.7 Å². The molecule has 1 radical (unpaired) electrons. The highest BCUT2D eigenvalue weighted by Gasteiger charge is 2.18.